The van der Waals surface area contributed by atoms with Crippen molar-refractivity contribution >= 4 is 21.8 Å². The third-order valence-electron chi connectivity index (χ3n) is 2.62. The molecule has 1 rings (SSSR count). The number of amides is 1. The number of hydrogen-bond acceptors (Lipinski definition) is 2. The Bertz CT molecular complexity index is 368. The predicted molar refractivity (Wildman–Crippen MR) is 68.4 cm³/mol. The molecule has 0 aliphatic rings. The van der Waals surface area contributed by atoms with Gasteiger partial charge in [-0.1, -0.05) is 19.4 Å². The van der Waals surface area contributed by atoms with E-state index in [0.717, 1.165) is 12.8 Å². The highest BCUT2D eigenvalue weighted by atomic mass is 79.9. The highest BCUT2D eigenvalue weighted by Crippen LogP contribution is 2.11. The Hall–Kier alpha value is -0.900. The van der Waals surface area contributed by atoms with Gasteiger partial charge in [-0.2, -0.15) is 0 Å². The van der Waals surface area contributed by atoms with Crippen LogP contribution >= 0.6 is 15.9 Å². The third-order valence-corrected chi connectivity index (χ3v) is 3.06. The lowest BCUT2D eigenvalue weighted by atomic mass is 10.1. The lowest BCUT2D eigenvalue weighted by Gasteiger charge is -2.24. The van der Waals surface area contributed by atoms with Gasteiger partial charge in [0.05, 0.1) is 0 Å². The molecule has 0 aliphatic carbocycles. The normalized spacial score (nSPS) is 12.2. The van der Waals surface area contributed by atoms with Gasteiger partial charge in [0.25, 0.3) is 5.91 Å². The van der Waals surface area contributed by atoms with E-state index >= 15 is 0 Å². The van der Waals surface area contributed by atoms with Crippen molar-refractivity contribution in [2.24, 2.45) is 0 Å². The molecule has 0 bridgehead atoms. The Morgan fingerprint density at radius 2 is 2.25 bits per heavy atom. The van der Waals surface area contributed by atoms with Crippen LogP contribution in [0.25, 0.3) is 0 Å². The number of halogens is 1. The van der Waals surface area contributed by atoms with Crippen LogP contribution in [0.4, 0.5) is 0 Å². The van der Waals surface area contributed by atoms with Crippen molar-refractivity contribution in [3.05, 3.63) is 28.5 Å². The van der Waals surface area contributed by atoms with E-state index in [1.807, 2.05) is 19.2 Å². The van der Waals surface area contributed by atoms with Gasteiger partial charge in [-0.15, -0.1) is 0 Å². The van der Waals surface area contributed by atoms with Crippen molar-refractivity contribution in [1.82, 2.24) is 9.88 Å². The average molecular weight is 285 g/mol. The van der Waals surface area contributed by atoms with Gasteiger partial charge >= 0.3 is 0 Å². The van der Waals surface area contributed by atoms with Gasteiger partial charge in [0.1, 0.15) is 10.3 Å². The topological polar surface area (TPSA) is 33.2 Å². The van der Waals surface area contributed by atoms with Crippen molar-refractivity contribution < 1.29 is 4.79 Å². The molecule has 0 spiro atoms. The Balaban J connectivity index is 2.77. The molecule has 88 valence electrons. The lowest BCUT2D eigenvalue weighted by Crippen LogP contribution is -2.35. The highest BCUT2D eigenvalue weighted by molar-refractivity contribution is 9.10. The fraction of sp³-hybridized carbons (Fsp3) is 0.500. The molecule has 0 aliphatic heterocycles. The molecule has 3 nitrogen and oxygen atoms in total. The van der Waals surface area contributed by atoms with E-state index in [0.29, 0.717) is 10.3 Å². The van der Waals surface area contributed by atoms with Crippen molar-refractivity contribution in [3.8, 4) is 0 Å². The Kier molecular flexibility index (Phi) is 4.93. The second-order valence-corrected chi connectivity index (χ2v) is 4.71. The molecular weight excluding hydrogens is 268 g/mol. The molecule has 1 unspecified atom stereocenters. The molecule has 1 aromatic rings. The summed E-state index contributed by atoms with van der Waals surface area (Å²) in [6, 6.07) is 5.62. The minimum absolute atomic E-state index is 0.0257. The average Bonchev–Trinajstić information content (AvgIpc) is 2.27. The van der Waals surface area contributed by atoms with Crippen LogP contribution in [-0.2, 0) is 0 Å². The van der Waals surface area contributed by atoms with Crippen LogP contribution in [0, 0.1) is 0 Å². The van der Waals surface area contributed by atoms with Gasteiger partial charge in [0, 0.05) is 13.1 Å². The van der Waals surface area contributed by atoms with Crippen LogP contribution in [0.15, 0.2) is 22.8 Å². The number of nitrogens with zero attached hydrogens (tertiary/aromatic N) is 2. The van der Waals surface area contributed by atoms with E-state index in [1.54, 1.807) is 11.0 Å². The standard InChI is InChI=1S/C12H17BrN2O/c1-4-6-9(2)15(3)12(16)10-7-5-8-11(13)14-10/h5,7-9H,4,6H2,1-3H3. The van der Waals surface area contributed by atoms with E-state index in [4.69, 9.17) is 0 Å². The molecule has 1 atom stereocenters. The number of pyridine rings is 1. The van der Waals surface area contributed by atoms with Crippen LogP contribution in [0.1, 0.15) is 37.2 Å². The van der Waals surface area contributed by atoms with Gasteiger partial charge in [-0.05, 0) is 41.4 Å². The summed E-state index contributed by atoms with van der Waals surface area (Å²) in [6.07, 6.45) is 2.08. The van der Waals surface area contributed by atoms with Gasteiger partial charge in [0.15, 0.2) is 0 Å². The first-order valence-corrected chi connectivity index (χ1v) is 6.25. The van der Waals surface area contributed by atoms with Gasteiger partial charge in [-0.25, -0.2) is 4.98 Å². The number of aromatic nitrogens is 1. The van der Waals surface area contributed by atoms with E-state index in [-0.39, 0.29) is 11.9 Å². The summed E-state index contributed by atoms with van der Waals surface area (Å²) >= 11 is 3.27. The third kappa shape index (κ3) is 3.30. The molecular formula is C12H17BrN2O. The maximum absolute atomic E-state index is 12.1. The molecule has 1 amide bonds. The van der Waals surface area contributed by atoms with E-state index < -0.39 is 0 Å². The number of hydrogen-bond donors (Lipinski definition) is 0. The second-order valence-electron chi connectivity index (χ2n) is 3.90. The van der Waals surface area contributed by atoms with Crippen molar-refractivity contribution in [2.75, 3.05) is 7.05 Å². The Morgan fingerprint density at radius 3 is 2.81 bits per heavy atom. The summed E-state index contributed by atoms with van der Waals surface area (Å²) in [5.74, 6) is -0.0257. The second kappa shape index (κ2) is 5.99. The molecule has 0 saturated heterocycles. The fourth-order valence-corrected chi connectivity index (χ4v) is 1.86. The van der Waals surface area contributed by atoms with Crippen molar-refractivity contribution in [2.45, 2.75) is 32.7 Å². The summed E-state index contributed by atoms with van der Waals surface area (Å²) in [6.45, 7) is 4.17. The largest absolute Gasteiger partial charge is 0.338 e. The fourth-order valence-electron chi connectivity index (χ4n) is 1.52. The summed E-state index contributed by atoms with van der Waals surface area (Å²) in [5.41, 5.74) is 0.486. The molecule has 0 radical (unpaired) electrons. The monoisotopic (exact) mass is 284 g/mol. The van der Waals surface area contributed by atoms with Crippen molar-refractivity contribution in [1.29, 1.82) is 0 Å². The van der Waals surface area contributed by atoms with Gasteiger partial charge < -0.3 is 4.90 Å². The summed E-state index contributed by atoms with van der Waals surface area (Å²) < 4.78 is 0.690. The molecule has 0 saturated carbocycles. The minimum Gasteiger partial charge on any atom is -0.338 e. The van der Waals surface area contributed by atoms with E-state index in [2.05, 4.69) is 34.8 Å². The van der Waals surface area contributed by atoms with Crippen LogP contribution in [0.3, 0.4) is 0 Å². The smallest absolute Gasteiger partial charge is 0.272 e. The number of carbonyl (C=O) groups is 1. The summed E-state index contributed by atoms with van der Waals surface area (Å²) in [7, 11) is 1.82. The van der Waals surface area contributed by atoms with Crippen LogP contribution in [0.5, 0.6) is 0 Å². The maximum Gasteiger partial charge on any atom is 0.272 e. The molecule has 0 fully saturated rings. The minimum atomic E-state index is -0.0257. The Morgan fingerprint density at radius 1 is 1.56 bits per heavy atom. The zero-order valence-electron chi connectivity index (χ0n) is 9.90. The Labute approximate surface area is 105 Å². The first kappa shape index (κ1) is 13.2. The zero-order valence-corrected chi connectivity index (χ0v) is 11.5. The predicted octanol–water partition coefficient (Wildman–Crippen LogP) is 3.10. The number of carbonyl (C=O) groups excluding carboxylic acids is 1. The SMILES string of the molecule is CCCC(C)N(C)C(=O)c1cccc(Br)n1. The van der Waals surface area contributed by atoms with Crippen molar-refractivity contribution in [3.63, 3.8) is 0 Å². The van der Waals surface area contributed by atoms with Crippen LogP contribution < -0.4 is 0 Å². The first-order valence-electron chi connectivity index (χ1n) is 5.46. The maximum atomic E-state index is 12.1. The quantitative estimate of drug-likeness (QED) is 0.796. The van der Waals surface area contributed by atoms with Gasteiger partial charge in [0.2, 0.25) is 0 Å². The molecule has 4 heteroatoms. The van der Waals surface area contributed by atoms with Gasteiger partial charge in [-0.3, -0.25) is 4.79 Å². The van der Waals surface area contributed by atoms with E-state index in [1.165, 1.54) is 0 Å². The highest BCUT2D eigenvalue weighted by Gasteiger charge is 2.17. The molecule has 0 N–H and O–H groups in total. The molecule has 0 aromatic carbocycles. The van der Waals surface area contributed by atoms with Crippen LogP contribution in [0.2, 0.25) is 0 Å². The summed E-state index contributed by atoms with van der Waals surface area (Å²) in [4.78, 5) is 18.0. The molecule has 16 heavy (non-hydrogen) atoms. The van der Waals surface area contributed by atoms with Crippen LogP contribution in [-0.4, -0.2) is 28.9 Å². The summed E-state index contributed by atoms with van der Waals surface area (Å²) in [5, 5.41) is 0. The number of rotatable bonds is 4. The van der Waals surface area contributed by atoms with E-state index in [9.17, 15) is 4.79 Å². The molecule has 1 aromatic heterocycles. The lowest BCUT2D eigenvalue weighted by molar-refractivity contribution is 0.0730. The first-order chi connectivity index (χ1) is 7.56. The zero-order chi connectivity index (χ0) is 12.1. The molecule has 1 heterocycles.